The second kappa shape index (κ2) is 10.5. The van der Waals surface area contributed by atoms with Crippen LogP contribution in [0.1, 0.15) is 15.9 Å². The minimum absolute atomic E-state index is 0.0201. The number of rotatable bonds is 5. The summed E-state index contributed by atoms with van der Waals surface area (Å²) in [5.74, 6) is -0.302. The van der Waals surface area contributed by atoms with Gasteiger partial charge in [-0.25, -0.2) is 27.5 Å². The molecule has 0 radical (unpaired) electrons. The molecule has 2 aliphatic rings. The molecule has 41 heavy (non-hydrogen) atoms. The molecule has 4 aromatic rings. The molecule has 0 saturated carbocycles. The summed E-state index contributed by atoms with van der Waals surface area (Å²) in [6.07, 6.45) is 1.33. The molecule has 10 nitrogen and oxygen atoms in total. The van der Waals surface area contributed by atoms with Crippen molar-refractivity contribution in [3.05, 3.63) is 84.1 Å². The Labute approximate surface area is 239 Å². The van der Waals surface area contributed by atoms with Gasteiger partial charge in [-0.15, -0.1) is 0 Å². The lowest BCUT2D eigenvalue weighted by Gasteiger charge is -2.34. The lowest BCUT2D eigenvalue weighted by Crippen LogP contribution is -2.44. The largest absolute Gasteiger partial charge is 0.465 e. The van der Waals surface area contributed by atoms with Crippen molar-refractivity contribution < 1.29 is 17.9 Å². The Morgan fingerprint density at radius 3 is 2.41 bits per heavy atom. The number of methoxy groups -OCH3 is 1. The number of piperazine rings is 1. The van der Waals surface area contributed by atoms with Gasteiger partial charge in [0.15, 0.2) is 0 Å². The highest BCUT2D eigenvalue weighted by Crippen LogP contribution is 2.46. The van der Waals surface area contributed by atoms with Crippen LogP contribution in [0, 0.1) is 6.92 Å². The molecule has 0 aliphatic carbocycles. The van der Waals surface area contributed by atoms with Gasteiger partial charge < -0.3 is 19.9 Å². The molecule has 1 aromatic heterocycles. The molecule has 2 aliphatic heterocycles. The van der Waals surface area contributed by atoms with E-state index in [1.165, 1.54) is 23.7 Å². The van der Waals surface area contributed by atoms with Gasteiger partial charge in [0.05, 0.1) is 35.9 Å². The lowest BCUT2D eigenvalue weighted by molar-refractivity contribution is 0.0600. The first-order chi connectivity index (χ1) is 19.7. The number of sulfonamides is 1. The van der Waals surface area contributed by atoms with E-state index in [1.807, 2.05) is 25.1 Å². The molecule has 3 heterocycles. The van der Waals surface area contributed by atoms with Crippen LogP contribution in [0.4, 0.5) is 28.7 Å². The minimum atomic E-state index is -4.11. The standard InChI is InChI=1S/C30H30N6O4S/c1-20-5-4-6-24(17-20)36-26-18-21(29(37)40-3)7-12-25(26)28-27(41(36,38)39)19-31-30(33-28)32-22-8-10-23(11-9-22)35-15-13-34(2)14-16-35/h4-12,17-19H,13-16H2,1-3H3,(H,31,32,33). The zero-order valence-corrected chi connectivity index (χ0v) is 23.9. The maximum atomic E-state index is 14.0. The number of hydrogen-bond acceptors (Lipinski definition) is 9. The van der Waals surface area contributed by atoms with E-state index in [0.717, 1.165) is 43.1 Å². The zero-order valence-electron chi connectivity index (χ0n) is 23.0. The number of likely N-dealkylation sites (N-methyl/N-ethyl adjacent to an activating group) is 1. The summed E-state index contributed by atoms with van der Waals surface area (Å²) < 4.78 is 34.1. The molecule has 1 fully saturated rings. The molecule has 1 N–H and O–H groups in total. The van der Waals surface area contributed by atoms with Crippen molar-refractivity contribution in [1.29, 1.82) is 0 Å². The fourth-order valence-electron chi connectivity index (χ4n) is 5.17. The SMILES string of the molecule is COC(=O)c1ccc2c(c1)N(c1cccc(C)c1)S(=O)(=O)c1cnc(Nc3ccc(N4CCN(C)CC4)cc3)nc1-2. The van der Waals surface area contributed by atoms with Gasteiger partial charge in [-0.1, -0.05) is 12.1 Å². The second-order valence-electron chi connectivity index (χ2n) is 10.2. The third-order valence-corrected chi connectivity index (χ3v) is 9.14. The van der Waals surface area contributed by atoms with E-state index in [0.29, 0.717) is 16.9 Å². The lowest BCUT2D eigenvalue weighted by atomic mass is 10.0. The Bertz CT molecular complexity index is 1730. The number of fused-ring (bicyclic) bond motifs is 3. The first-order valence-corrected chi connectivity index (χ1v) is 14.7. The molecule has 210 valence electrons. The Kier molecular flexibility index (Phi) is 6.84. The monoisotopic (exact) mass is 570 g/mol. The van der Waals surface area contributed by atoms with E-state index in [9.17, 15) is 13.2 Å². The number of aryl methyl sites for hydroxylation is 1. The van der Waals surface area contributed by atoms with Crippen molar-refractivity contribution in [1.82, 2.24) is 14.9 Å². The molecular formula is C30H30N6O4S. The summed E-state index contributed by atoms with van der Waals surface area (Å²) in [4.78, 5) is 26.0. The summed E-state index contributed by atoms with van der Waals surface area (Å²) in [5, 5.41) is 3.21. The summed E-state index contributed by atoms with van der Waals surface area (Å²) in [5.41, 5.74) is 4.62. The van der Waals surface area contributed by atoms with Crippen LogP contribution in [0.3, 0.4) is 0 Å². The fraction of sp³-hybridized carbons (Fsp3) is 0.233. The number of ether oxygens (including phenoxy) is 1. The first kappa shape index (κ1) is 26.7. The Morgan fingerprint density at radius 1 is 0.951 bits per heavy atom. The number of benzene rings is 3. The predicted molar refractivity (Wildman–Crippen MR) is 159 cm³/mol. The number of hydrogen-bond donors (Lipinski definition) is 1. The Hall–Kier alpha value is -4.48. The van der Waals surface area contributed by atoms with E-state index in [-0.39, 0.29) is 22.1 Å². The van der Waals surface area contributed by atoms with Gasteiger partial charge in [0.1, 0.15) is 4.90 Å². The molecule has 11 heteroatoms. The van der Waals surface area contributed by atoms with Crippen molar-refractivity contribution in [2.24, 2.45) is 0 Å². The van der Waals surface area contributed by atoms with Gasteiger partial charge in [-0.05, 0) is 74.1 Å². The molecule has 1 saturated heterocycles. The molecule has 0 bridgehead atoms. The van der Waals surface area contributed by atoms with Crippen LogP contribution in [0.2, 0.25) is 0 Å². The number of carbonyl (C=O) groups is 1. The van der Waals surface area contributed by atoms with Gasteiger partial charge in [0.2, 0.25) is 5.95 Å². The normalized spacial score (nSPS) is 16.1. The number of esters is 1. The third kappa shape index (κ3) is 4.98. The van der Waals surface area contributed by atoms with Crippen LogP contribution in [-0.2, 0) is 14.8 Å². The van der Waals surface area contributed by atoms with E-state index in [1.54, 1.807) is 30.3 Å². The topological polar surface area (TPSA) is 108 Å². The van der Waals surface area contributed by atoms with Crippen LogP contribution < -0.4 is 14.5 Å². The van der Waals surface area contributed by atoms with E-state index in [4.69, 9.17) is 4.74 Å². The average Bonchev–Trinajstić information content (AvgIpc) is 2.97. The highest BCUT2D eigenvalue weighted by molar-refractivity contribution is 7.93. The molecule has 0 atom stereocenters. The average molecular weight is 571 g/mol. The van der Waals surface area contributed by atoms with Crippen LogP contribution >= 0.6 is 0 Å². The summed E-state index contributed by atoms with van der Waals surface area (Å²) in [6.45, 7) is 5.88. The van der Waals surface area contributed by atoms with Gasteiger partial charge in [0.25, 0.3) is 10.0 Å². The number of aromatic nitrogens is 2. The first-order valence-electron chi connectivity index (χ1n) is 13.3. The van der Waals surface area contributed by atoms with Crippen molar-refractivity contribution >= 4 is 44.7 Å². The van der Waals surface area contributed by atoms with Crippen LogP contribution in [0.5, 0.6) is 0 Å². The summed E-state index contributed by atoms with van der Waals surface area (Å²) >= 11 is 0. The maximum absolute atomic E-state index is 14.0. The predicted octanol–water partition coefficient (Wildman–Crippen LogP) is 4.57. The van der Waals surface area contributed by atoms with Crippen molar-refractivity contribution in [3.8, 4) is 11.3 Å². The number of anilines is 5. The summed E-state index contributed by atoms with van der Waals surface area (Å²) in [7, 11) is -0.691. The Balaban J connectivity index is 1.38. The molecule has 0 amide bonds. The van der Waals surface area contributed by atoms with Gasteiger partial charge in [0, 0.05) is 43.1 Å². The molecule has 0 spiro atoms. The van der Waals surface area contributed by atoms with Crippen LogP contribution in [0.25, 0.3) is 11.3 Å². The number of carbonyl (C=O) groups excluding carboxylic acids is 1. The minimum Gasteiger partial charge on any atom is -0.465 e. The highest BCUT2D eigenvalue weighted by atomic mass is 32.2. The highest BCUT2D eigenvalue weighted by Gasteiger charge is 2.38. The van der Waals surface area contributed by atoms with Gasteiger partial charge >= 0.3 is 5.97 Å². The Morgan fingerprint density at radius 2 is 1.71 bits per heavy atom. The fourth-order valence-corrected chi connectivity index (χ4v) is 6.75. The number of nitrogens with one attached hydrogen (secondary N) is 1. The molecular weight excluding hydrogens is 540 g/mol. The van der Waals surface area contributed by atoms with Crippen molar-refractivity contribution in [2.45, 2.75) is 11.8 Å². The second-order valence-corrected chi connectivity index (χ2v) is 12.0. The quantitative estimate of drug-likeness (QED) is 0.345. The van der Waals surface area contributed by atoms with Gasteiger partial charge in [-0.3, -0.25) is 0 Å². The van der Waals surface area contributed by atoms with E-state index >= 15 is 0 Å². The van der Waals surface area contributed by atoms with E-state index < -0.39 is 16.0 Å². The van der Waals surface area contributed by atoms with Crippen molar-refractivity contribution in [2.75, 3.05) is 54.9 Å². The smallest absolute Gasteiger partial charge is 0.337 e. The zero-order chi connectivity index (χ0) is 28.7. The summed E-state index contributed by atoms with van der Waals surface area (Å²) in [6, 6.07) is 20.0. The van der Waals surface area contributed by atoms with E-state index in [2.05, 4.69) is 44.3 Å². The molecule has 3 aromatic carbocycles. The van der Waals surface area contributed by atoms with Crippen LogP contribution in [0.15, 0.2) is 77.8 Å². The van der Waals surface area contributed by atoms with Gasteiger partial charge in [-0.2, -0.15) is 0 Å². The van der Waals surface area contributed by atoms with Crippen molar-refractivity contribution in [3.63, 3.8) is 0 Å². The number of nitrogens with zero attached hydrogens (tertiary/aromatic N) is 5. The maximum Gasteiger partial charge on any atom is 0.337 e. The third-order valence-electron chi connectivity index (χ3n) is 7.39. The molecule has 6 rings (SSSR count). The van der Waals surface area contributed by atoms with Crippen LogP contribution in [-0.4, -0.2) is 69.6 Å². The molecule has 0 unspecified atom stereocenters.